The predicted octanol–water partition coefficient (Wildman–Crippen LogP) is 2.59. The number of halogens is 1. The van der Waals surface area contributed by atoms with Gasteiger partial charge in [0.25, 0.3) is 0 Å². The highest BCUT2D eigenvalue weighted by Gasteiger charge is 2.33. The van der Waals surface area contributed by atoms with Crippen LogP contribution < -0.4 is 5.32 Å². The number of nitrogens with zero attached hydrogens (tertiary/aromatic N) is 5. The molecule has 5 rings (SSSR count). The van der Waals surface area contributed by atoms with Crippen molar-refractivity contribution in [1.82, 2.24) is 29.7 Å². The molecule has 0 fully saturated rings. The minimum atomic E-state index is -0.475. The van der Waals surface area contributed by atoms with Crippen LogP contribution in [0.1, 0.15) is 29.3 Å². The van der Waals surface area contributed by atoms with E-state index in [1.54, 1.807) is 16.8 Å². The summed E-state index contributed by atoms with van der Waals surface area (Å²) >= 11 is 0. The van der Waals surface area contributed by atoms with E-state index in [2.05, 4.69) is 30.4 Å². The summed E-state index contributed by atoms with van der Waals surface area (Å²) in [6, 6.07) is 6.08. The van der Waals surface area contributed by atoms with Gasteiger partial charge in [-0.3, -0.25) is 4.79 Å². The Labute approximate surface area is 164 Å². The number of nitrogens with one attached hydrogen (secondary N) is 2. The van der Waals surface area contributed by atoms with Crippen LogP contribution in [0.3, 0.4) is 0 Å². The fraction of sp³-hybridized carbons (Fsp3) is 0.211. The highest BCUT2D eigenvalue weighted by Crippen LogP contribution is 2.37. The van der Waals surface area contributed by atoms with Crippen molar-refractivity contribution in [3.63, 3.8) is 0 Å². The first kappa shape index (κ1) is 17.4. The maximum absolute atomic E-state index is 13.1. The zero-order valence-corrected chi connectivity index (χ0v) is 15.4. The van der Waals surface area contributed by atoms with Gasteiger partial charge in [0.2, 0.25) is 5.91 Å². The molecule has 0 spiro atoms. The van der Waals surface area contributed by atoms with Gasteiger partial charge < -0.3 is 15.0 Å². The van der Waals surface area contributed by atoms with Gasteiger partial charge in [-0.15, -0.1) is 0 Å². The molecule has 29 heavy (non-hydrogen) atoms. The Morgan fingerprint density at radius 2 is 2.07 bits per heavy atom. The second-order valence-electron chi connectivity index (χ2n) is 6.74. The van der Waals surface area contributed by atoms with Crippen molar-refractivity contribution in [1.29, 1.82) is 0 Å². The maximum atomic E-state index is 13.1. The average molecular weight is 393 g/mol. The molecule has 2 N–H and O–H groups in total. The highest BCUT2D eigenvalue weighted by atomic mass is 19.1. The number of benzene rings is 1. The number of carbonyl (C=O) groups is 1. The van der Waals surface area contributed by atoms with Gasteiger partial charge in [0.05, 0.1) is 31.2 Å². The summed E-state index contributed by atoms with van der Waals surface area (Å²) in [6.07, 6.45) is 2.62. The van der Waals surface area contributed by atoms with Crippen LogP contribution in [0.4, 0.5) is 10.2 Å². The van der Waals surface area contributed by atoms with Crippen LogP contribution in [0, 0.1) is 12.7 Å². The van der Waals surface area contributed by atoms with E-state index in [1.807, 2.05) is 6.92 Å². The van der Waals surface area contributed by atoms with Crippen molar-refractivity contribution in [3.05, 3.63) is 59.6 Å². The molecule has 0 aliphatic carbocycles. The molecule has 1 aromatic carbocycles. The van der Waals surface area contributed by atoms with Crippen LogP contribution in [0.25, 0.3) is 17.0 Å². The molecule has 0 bridgehead atoms. The molecule has 1 aliphatic heterocycles. The number of hydrogen-bond acceptors (Lipinski definition) is 6. The normalized spacial score (nSPS) is 16.1. The van der Waals surface area contributed by atoms with Gasteiger partial charge in [-0.2, -0.15) is 9.78 Å². The summed E-state index contributed by atoms with van der Waals surface area (Å²) in [5.41, 5.74) is 3.44. The number of aromatic nitrogens is 6. The lowest BCUT2D eigenvalue weighted by atomic mass is 10.0. The Balaban J connectivity index is 1.52. The van der Waals surface area contributed by atoms with Gasteiger partial charge in [-0.1, -0.05) is 12.1 Å². The van der Waals surface area contributed by atoms with E-state index in [9.17, 15) is 9.18 Å². The Morgan fingerprint density at radius 1 is 1.24 bits per heavy atom. The third-order valence-corrected chi connectivity index (χ3v) is 4.83. The number of aryl methyl sites for hydroxylation is 1. The van der Waals surface area contributed by atoms with E-state index >= 15 is 0 Å². The number of carbonyl (C=O) groups excluding carboxylic acids is 1. The Kier molecular flexibility index (Phi) is 4.06. The van der Waals surface area contributed by atoms with Crippen LogP contribution in [0.5, 0.6) is 0 Å². The first-order valence-electron chi connectivity index (χ1n) is 9.00. The molecule has 4 heterocycles. The van der Waals surface area contributed by atoms with Crippen molar-refractivity contribution in [3.8, 4) is 5.82 Å². The second-order valence-corrected chi connectivity index (χ2v) is 6.74. The lowest BCUT2D eigenvalue weighted by molar-refractivity contribution is -0.120. The molecule has 1 atom stereocenters. The summed E-state index contributed by atoms with van der Waals surface area (Å²) in [7, 11) is 0. The predicted molar refractivity (Wildman–Crippen MR) is 101 cm³/mol. The lowest BCUT2D eigenvalue weighted by Gasteiger charge is -2.24. The molecule has 0 saturated heterocycles. The fourth-order valence-corrected chi connectivity index (χ4v) is 3.48. The number of rotatable bonds is 4. The highest BCUT2D eigenvalue weighted by molar-refractivity contribution is 5.94. The van der Waals surface area contributed by atoms with Gasteiger partial charge in [-0.05, 0) is 24.6 Å². The molecule has 9 nitrogen and oxygen atoms in total. The number of H-pyrrole nitrogens is 1. The number of hydrogen-bond donors (Lipinski definition) is 2. The van der Waals surface area contributed by atoms with Gasteiger partial charge in [0, 0.05) is 5.56 Å². The average Bonchev–Trinajstić information content (AvgIpc) is 3.32. The first-order valence-corrected chi connectivity index (χ1v) is 9.00. The summed E-state index contributed by atoms with van der Waals surface area (Å²) in [6.45, 7) is 2.10. The molecule has 146 valence electrons. The van der Waals surface area contributed by atoms with Crippen molar-refractivity contribution >= 4 is 22.9 Å². The topological polar surface area (TPSA) is 111 Å². The molecule has 0 saturated carbocycles. The maximum Gasteiger partial charge on any atom is 0.228 e. The zero-order valence-electron chi connectivity index (χ0n) is 15.4. The first-order chi connectivity index (χ1) is 14.1. The number of anilines is 1. The molecular weight excluding hydrogens is 377 g/mol. The summed E-state index contributed by atoms with van der Waals surface area (Å²) in [4.78, 5) is 27.9. The zero-order chi connectivity index (χ0) is 20.0. The van der Waals surface area contributed by atoms with E-state index in [0.29, 0.717) is 22.8 Å². The van der Waals surface area contributed by atoms with E-state index in [0.717, 1.165) is 16.8 Å². The minimum Gasteiger partial charge on any atom is -0.368 e. The number of fused-ring (bicyclic) bond motifs is 2. The van der Waals surface area contributed by atoms with Crippen LogP contribution in [0.2, 0.25) is 0 Å². The molecule has 3 aromatic heterocycles. The number of ether oxygens (including phenoxy) is 1. The van der Waals surface area contributed by atoms with E-state index < -0.39 is 6.10 Å². The summed E-state index contributed by atoms with van der Waals surface area (Å²) in [5, 5.41) is 7.46. The molecule has 4 aromatic rings. The molecule has 1 amide bonds. The third kappa shape index (κ3) is 3.03. The molecule has 0 radical (unpaired) electrons. The Morgan fingerprint density at radius 3 is 2.90 bits per heavy atom. The monoisotopic (exact) mass is 393 g/mol. The lowest BCUT2D eigenvalue weighted by Crippen LogP contribution is -2.25. The van der Waals surface area contributed by atoms with E-state index in [1.165, 1.54) is 24.8 Å². The van der Waals surface area contributed by atoms with Crippen molar-refractivity contribution in [2.75, 3.05) is 5.32 Å². The Bertz CT molecular complexity index is 1220. The summed E-state index contributed by atoms with van der Waals surface area (Å²) < 4.78 is 20.7. The van der Waals surface area contributed by atoms with Gasteiger partial charge in [0.15, 0.2) is 11.5 Å². The van der Waals surface area contributed by atoms with Gasteiger partial charge in [-0.25, -0.2) is 19.3 Å². The standard InChI is InChI=1S/C19H16FN7O2/c1-10-15-13(29-7-11-2-4-12(20)5-3-11)6-14(28)25-18(15)27(26-10)19-16-17(22-8-21-16)23-9-24-19/h2-5,8-9,13H,6-7H2,1H3,(H,25,28)(H,21,22,23,24). The van der Waals surface area contributed by atoms with E-state index in [4.69, 9.17) is 4.74 Å². The SMILES string of the molecule is Cc1nn(-c2ncnc3nc[nH]c23)c2c1C(OCc1ccc(F)cc1)CC(=O)N2. The van der Waals surface area contributed by atoms with Crippen LogP contribution in [-0.2, 0) is 16.1 Å². The summed E-state index contributed by atoms with van der Waals surface area (Å²) in [5.74, 6) is 0.506. The van der Waals surface area contributed by atoms with Crippen LogP contribution in [0.15, 0.2) is 36.9 Å². The quantitative estimate of drug-likeness (QED) is 0.551. The van der Waals surface area contributed by atoms with Crippen LogP contribution in [-0.4, -0.2) is 35.6 Å². The molecular formula is C19H16FN7O2. The second kappa shape index (κ2) is 6.74. The van der Waals surface area contributed by atoms with Crippen molar-refractivity contribution in [2.24, 2.45) is 0 Å². The Hall–Kier alpha value is -3.66. The largest absolute Gasteiger partial charge is 0.368 e. The van der Waals surface area contributed by atoms with Crippen molar-refractivity contribution in [2.45, 2.75) is 26.1 Å². The fourth-order valence-electron chi connectivity index (χ4n) is 3.48. The van der Waals surface area contributed by atoms with Gasteiger partial charge in [0.1, 0.15) is 23.5 Å². The van der Waals surface area contributed by atoms with Crippen molar-refractivity contribution < 1.29 is 13.9 Å². The van der Waals surface area contributed by atoms with Crippen LogP contribution >= 0.6 is 0 Å². The molecule has 10 heteroatoms. The number of imidazole rings is 1. The van der Waals surface area contributed by atoms with E-state index in [-0.39, 0.29) is 24.8 Å². The van der Waals surface area contributed by atoms with Gasteiger partial charge >= 0.3 is 0 Å². The molecule has 1 aliphatic rings. The number of amides is 1. The smallest absolute Gasteiger partial charge is 0.228 e. The minimum absolute atomic E-state index is 0.171. The molecule has 1 unspecified atom stereocenters. The third-order valence-electron chi connectivity index (χ3n) is 4.83. The number of aromatic amines is 1.